The predicted octanol–water partition coefficient (Wildman–Crippen LogP) is 6.62. The zero-order valence-corrected chi connectivity index (χ0v) is 21.7. The molecule has 1 aliphatic heterocycles. The fourth-order valence-corrected chi connectivity index (χ4v) is 5.66. The first-order valence-electron chi connectivity index (χ1n) is 12.0. The van der Waals surface area contributed by atoms with E-state index in [1.807, 2.05) is 30.6 Å². The SMILES string of the molecule is COc1ccc(C(=C(F)/C=C/C(=O)Nc2ccn3c2CS[C@@H]3c2cccnc2)c2ccc(OC)cc2)cc1. The van der Waals surface area contributed by atoms with Crippen molar-refractivity contribution in [3.8, 4) is 11.5 Å². The lowest BCUT2D eigenvalue weighted by molar-refractivity contribution is -0.111. The number of carbonyl (C=O) groups excluding carboxylic acids is 1. The summed E-state index contributed by atoms with van der Waals surface area (Å²) in [6.07, 6.45) is 7.97. The molecule has 1 aliphatic rings. The van der Waals surface area contributed by atoms with E-state index in [9.17, 15) is 4.79 Å². The molecule has 192 valence electrons. The Labute approximate surface area is 224 Å². The van der Waals surface area contributed by atoms with Crippen molar-refractivity contribution >= 4 is 28.9 Å². The highest BCUT2D eigenvalue weighted by Crippen LogP contribution is 2.43. The molecule has 2 aromatic heterocycles. The van der Waals surface area contributed by atoms with Crippen molar-refractivity contribution in [1.82, 2.24) is 9.55 Å². The number of nitrogens with one attached hydrogen (secondary N) is 1. The maximum Gasteiger partial charge on any atom is 0.248 e. The van der Waals surface area contributed by atoms with Crippen LogP contribution in [0.4, 0.5) is 10.1 Å². The molecule has 5 rings (SSSR count). The lowest BCUT2D eigenvalue weighted by Gasteiger charge is -2.12. The normalized spacial score (nSPS) is 14.2. The summed E-state index contributed by atoms with van der Waals surface area (Å²) in [7, 11) is 3.16. The van der Waals surface area contributed by atoms with Crippen molar-refractivity contribution in [1.29, 1.82) is 0 Å². The molecule has 3 heterocycles. The largest absolute Gasteiger partial charge is 0.497 e. The molecule has 0 fully saturated rings. The zero-order valence-electron chi connectivity index (χ0n) is 20.9. The Morgan fingerprint density at radius 3 is 2.24 bits per heavy atom. The molecule has 1 amide bonds. The Morgan fingerprint density at radius 2 is 1.66 bits per heavy atom. The van der Waals surface area contributed by atoms with Crippen LogP contribution in [0.3, 0.4) is 0 Å². The number of rotatable bonds is 8. The molecule has 38 heavy (non-hydrogen) atoms. The Bertz CT molecular complexity index is 1430. The predicted molar refractivity (Wildman–Crippen MR) is 149 cm³/mol. The summed E-state index contributed by atoms with van der Waals surface area (Å²) in [5.41, 5.74) is 4.50. The third kappa shape index (κ3) is 5.35. The smallest absolute Gasteiger partial charge is 0.248 e. The zero-order chi connectivity index (χ0) is 26.5. The van der Waals surface area contributed by atoms with Crippen LogP contribution in [0.15, 0.2) is 103 Å². The van der Waals surface area contributed by atoms with Gasteiger partial charge in [0.2, 0.25) is 5.91 Å². The minimum absolute atomic E-state index is 0.108. The van der Waals surface area contributed by atoms with E-state index in [1.165, 1.54) is 12.2 Å². The third-order valence-electron chi connectivity index (χ3n) is 6.26. The van der Waals surface area contributed by atoms with Crippen LogP contribution in [0, 0.1) is 0 Å². The average molecular weight is 528 g/mol. The van der Waals surface area contributed by atoms with Gasteiger partial charge in [0, 0.05) is 41.6 Å². The summed E-state index contributed by atoms with van der Waals surface area (Å²) in [5.74, 6) is 1.14. The van der Waals surface area contributed by atoms with Crippen molar-refractivity contribution in [3.63, 3.8) is 0 Å². The van der Waals surface area contributed by atoms with Crippen LogP contribution in [0.2, 0.25) is 0 Å². The number of hydrogen-bond donors (Lipinski definition) is 1. The number of methoxy groups -OCH3 is 2. The molecule has 0 saturated carbocycles. The standard InChI is InChI=1S/C30H26FN3O3S/c1-36-23-9-5-20(6-10-23)29(21-7-11-24(37-2)12-8-21)25(31)13-14-28(35)33-26-15-17-34-27(26)19-38-30(34)22-4-3-16-32-18-22/h3-18,30H,19H2,1-2H3,(H,33,35)/b14-13+/t30-/m1/s1. The molecular weight excluding hydrogens is 501 g/mol. The van der Waals surface area contributed by atoms with Gasteiger partial charge in [-0.05, 0) is 53.6 Å². The van der Waals surface area contributed by atoms with Crippen LogP contribution in [-0.2, 0) is 10.5 Å². The number of ether oxygens (including phenoxy) is 2. The number of anilines is 1. The number of amides is 1. The van der Waals surface area contributed by atoms with E-state index in [1.54, 1.807) is 80.7 Å². The first-order valence-corrected chi connectivity index (χ1v) is 13.0. The molecule has 0 saturated heterocycles. The number of benzene rings is 2. The van der Waals surface area contributed by atoms with Gasteiger partial charge in [0.25, 0.3) is 0 Å². The third-order valence-corrected chi connectivity index (χ3v) is 7.51. The number of carbonyl (C=O) groups is 1. The van der Waals surface area contributed by atoms with Gasteiger partial charge in [-0.2, -0.15) is 0 Å². The van der Waals surface area contributed by atoms with Crippen LogP contribution in [0.1, 0.15) is 27.8 Å². The molecule has 4 aromatic rings. The van der Waals surface area contributed by atoms with Crippen LogP contribution in [0.5, 0.6) is 11.5 Å². The minimum Gasteiger partial charge on any atom is -0.497 e. The van der Waals surface area contributed by atoms with Gasteiger partial charge < -0.3 is 19.4 Å². The van der Waals surface area contributed by atoms with Gasteiger partial charge in [0.15, 0.2) is 0 Å². The number of nitrogens with zero attached hydrogens (tertiary/aromatic N) is 2. The fourth-order valence-electron chi connectivity index (χ4n) is 4.35. The van der Waals surface area contributed by atoms with Crippen molar-refractivity contribution in [2.45, 2.75) is 11.1 Å². The number of fused-ring (bicyclic) bond motifs is 1. The second-order valence-corrected chi connectivity index (χ2v) is 9.60. The number of hydrogen-bond acceptors (Lipinski definition) is 5. The quantitative estimate of drug-likeness (QED) is 0.206. The van der Waals surface area contributed by atoms with Crippen LogP contribution in [0.25, 0.3) is 5.57 Å². The fraction of sp³-hybridized carbons (Fsp3) is 0.133. The van der Waals surface area contributed by atoms with E-state index < -0.39 is 11.7 Å². The summed E-state index contributed by atoms with van der Waals surface area (Å²) in [6, 6.07) is 20.0. The maximum atomic E-state index is 15.6. The minimum atomic E-state index is -0.537. The van der Waals surface area contributed by atoms with Crippen molar-refractivity contribution < 1.29 is 18.7 Å². The highest BCUT2D eigenvalue weighted by molar-refractivity contribution is 7.99. The van der Waals surface area contributed by atoms with E-state index >= 15 is 4.39 Å². The number of halogens is 1. The van der Waals surface area contributed by atoms with Crippen LogP contribution >= 0.6 is 11.8 Å². The summed E-state index contributed by atoms with van der Waals surface area (Å²) < 4.78 is 28.2. The molecule has 8 heteroatoms. The van der Waals surface area contributed by atoms with Crippen LogP contribution < -0.4 is 14.8 Å². The van der Waals surface area contributed by atoms with E-state index in [2.05, 4.69) is 14.9 Å². The van der Waals surface area contributed by atoms with E-state index in [0.29, 0.717) is 33.9 Å². The van der Waals surface area contributed by atoms with Gasteiger partial charge in [-0.3, -0.25) is 9.78 Å². The van der Waals surface area contributed by atoms with Crippen molar-refractivity contribution in [2.24, 2.45) is 0 Å². The van der Waals surface area contributed by atoms with Gasteiger partial charge in [0.1, 0.15) is 22.7 Å². The Kier molecular flexibility index (Phi) is 7.60. The van der Waals surface area contributed by atoms with Crippen molar-refractivity contribution in [2.75, 3.05) is 19.5 Å². The first-order chi connectivity index (χ1) is 18.6. The summed E-state index contributed by atoms with van der Waals surface area (Å²) >= 11 is 1.76. The molecule has 1 atom stereocenters. The summed E-state index contributed by atoms with van der Waals surface area (Å²) in [6.45, 7) is 0. The molecule has 0 radical (unpaired) electrons. The van der Waals surface area contributed by atoms with Gasteiger partial charge >= 0.3 is 0 Å². The van der Waals surface area contributed by atoms with E-state index in [0.717, 1.165) is 17.0 Å². The summed E-state index contributed by atoms with van der Waals surface area (Å²) in [5, 5.41) is 3.01. The number of pyridine rings is 1. The molecule has 2 aromatic carbocycles. The number of thioether (sulfide) groups is 1. The highest BCUT2D eigenvalue weighted by atomic mass is 32.2. The van der Waals surface area contributed by atoms with E-state index in [-0.39, 0.29) is 5.37 Å². The Morgan fingerprint density at radius 1 is 1.00 bits per heavy atom. The first kappa shape index (κ1) is 25.4. The second-order valence-electron chi connectivity index (χ2n) is 8.54. The summed E-state index contributed by atoms with van der Waals surface area (Å²) in [4.78, 5) is 17.0. The lowest BCUT2D eigenvalue weighted by Crippen LogP contribution is -2.09. The van der Waals surface area contributed by atoms with Gasteiger partial charge in [0.05, 0.1) is 25.6 Å². The molecule has 6 nitrogen and oxygen atoms in total. The second kappa shape index (κ2) is 11.4. The van der Waals surface area contributed by atoms with E-state index in [4.69, 9.17) is 9.47 Å². The highest BCUT2D eigenvalue weighted by Gasteiger charge is 2.26. The topological polar surface area (TPSA) is 65.4 Å². The molecular formula is C30H26FN3O3S. The van der Waals surface area contributed by atoms with Gasteiger partial charge in [-0.1, -0.05) is 30.3 Å². The monoisotopic (exact) mass is 527 g/mol. The van der Waals surface area contributed by atoms with Gasteiger partial charge in [-0.25, -0.2) is 4.39 Å². The Balaban J connectivity index is 1.38. The molecule has 0 bridgehead atoms. The van der Waals surface area contributed by atoms with Gasteiger partial charge in [-0.15, -0.1) is 11.8 Å². The molecule has 1 N–H and O–H groups in total. The average Bonchev–Trinajstić information content (AvgIpc) is 3.56. The Hall–Kier alpha value is -4.30. The lowest BCUT2D eigenvalue weighted by atomic mass is 9.96. The molecule has 0 spiro atoms. The number of allylic oxidation sites excluding steroid dienone is 2. The maximum absolute atomic E-state index is 15.6. The molecule has 0 unspecified atom stereocenters. The number of aromatic nitrogens is 2. The van der Waals surface area contributed by atoms with Crippen LogP contribution in [-0.4, -0.2) is 29.7 Å². The molecule has 0 aliphatic carbocycles. The van der Waals surface area contributed by atoms with Crippen molar-refractivity contribution in [3.05, 3.63) is 126 Å².